The van der Waals surface area contributed by atoms with E-state index in [0.29, 0.717) is 35.5 Å². The van der Waals surface area contributed by atoms with Crippen molar-refractivity contribution in [1.82, 2.24) is 9.13 Å². The lowest BCUT2D eigenvalue weighted by Crippen LogP contribution is -2.61. The number of aromatic nitrogens is 2. The zero-order chi connectivity index (χ0) is 51.4. The van der Waals surface area contributed by atoms with Crippen LogP contribution in [0, 0.1) is 0 Å². The molecule has 0 aliphatic carbocycles. The fraction of sp³-hybridized carbons (Fsp3) is 0.382. The molecule has 4 heteroatoms. The molecule has 0 atom stereocenters. The minimum atomic E-state index is 0.0168. The van der Waals surface area contributed by atoms with Gasteiger partial charge in [-0.2, -0.15) is 0 Å². The first-order valence-corrected chi connectivity index (χ1v) is 27.7. The van der Waals surface area contributed by atoms with Crippen LogP contribution in [0.15, 0.2) is 109 Å². The number of hydrogen-bond acceptors (Lipinski definition) is 0. The van der Waals surface area contributed by atoms with Gasteiger partial charge in [-0.05, 0) is 149 Å². The van der Waals surface area contributed by atoms with Crippen molar-refractivity contribution in [3.8, 4) is 11.4 Å². The Bertz CT molecular complexity index is 3380. The standard InChI is InChI=1S/C68H78B2N2/c1-37(2)43-29-49(39(5)6)63(50(30-43)40(7)8)69-55-23-19-21-47-53-33-45(67(13,14)15)25-27-59(53)71(65(47)55)61-36-58-62(35-57(61)69)72-60-28-26-46(68(16,17)18)34-54(60)48-22-20-24-56(66(48)72)70(58)64-51(41(9)10)31-44(38(3)4)32-52(64)42(11)12/h19-42H,1-18H3. The maximum Gasteiger partial charge on any atom is 0.247 e. The molecule has 2 aromatic heterocycles. The molecule has 11 rings (SSSR count). The highest BCUT2D eigenvalue weighted by Crippen LogP contribution is 2.41. The predicted molar refractivity (Wildman–Crippen MR) is 319 cm³/mol. The van der Waals surface area contributed by atoms with E-state index in [0.717, 1.165) is 0 Å². The predicted octanol–water partition coefficient (Wildman–Crippen LogP) is 14.9. The lowest BCUT2D eigenvalue weighted by molar-refractivity contribution is 0.591. The number of para-hydroxylation sites is 2. The van der Waals surface area contributed by atoms with Crippen LogP contribution in [0.2, 0.25) is 0 Å². The number of fused-ring (bicyclic) bond motifs is 10. The summed E-state index contributed by atoms with van der Waals surface area (Å²) < 4.78 is 5.41. The van der Waals surface area contributed by atoms with E-state index in [2.05, 4.69) is 243 Å². The molecule has 4 heterocycles. The maximum absolute atomic E-state index is 2.71. The highest BCUT2D eigenvalue weighted by molar-refractivity contribution is 7.00. The normalized spacial score (nSPS) is 13.8. The fourth-order valence-electron chi connectivity index (χ4n) is 13.2. The van der Waals surface area contributed by atoms with Gasteiger partial charge in [-0.1, -0.05) is 208 Å². The summed E-state index contributed by atoms with van der Waals surface area (Å²) in [4.78, 5) is 0. The molecule has 2 nitrogen and oxygen atoms in total. The summed E-state index contributed by atoms with van der Waals surface area (Å²) in [6, 6.07) is 45.0. The Morgan fingerprint density at radius 3 is 0.972 bits per heavy atom. The van der Waals surface area contributed by atoms with Crippen molar-refractivity contribution in [2.45, 2.75) is 171 Å². The molecule has 9 aromatic rings. The minimum absolute atomic E-state index is 0.0168. The first-order valence-electron chi connectivity index (χ1n) is 27.7. The van der Waals surface area contributed by atoms with E-state index in [1.807, 2.05) is 0 Å². The fourth-order valence-corrected chi connectivity index (χ4v) is 13.2. The summed E-state index contributed by atoms with van der Waals surface area (Å²) in [5.74, 6) is 2.25. The Kier molecular flexibility index (Phi) is 11.4. The van der Waals surface area contributed by atoms with Gasteiger partial charge in [-0.15, -0.1) is 0 Å². The number of benzene rings is 7. The van der Waals surface area contributed by atoms with E-state index in [4.69, 9.17) is 0 Å². The topological polar surface area (TPSA) is 9.86 Å². The van der Waals surface area contributed by atoms with Crippen molar-refractivity contribution < 1.29 is 0 Å². The first-order chi connectivity index (χ1) is 34.0. The molecule has 0 unspecified atom stereocenters. The van der Waals surface area contributed by atoms with E-state index in [1.54, 1.807) is 0 Å². The first kappa shape index (κ1) is 48.5. The molecule has 72 heavy (non-hydrogen) atoms. The second-order valence-electron chi connectivity index (χ2n) is 26.1. The minimum Gasteiger partial charge on any atom is -0.310 e. The second-order valence-corrected chi connectivity index (χ2v) is 26.1. The van der Waals surface area contributed by atoms with Crippen molar-refractivity contribution >= 4 is 89.8 Å². The van der Waals surface area contributed by atoms with Crippen LogP contribution in [0.3, 0.4) is 0 Å². The van der Waals surface area contributed by atoms with Crippen LogP contribution < -0.4 is 32.8 Å². The highest BCUT2D eigenvalue weighted by Gasteiger charge is 2.43. The quantitative estimate of drug-likeness (QED) is 0.134. The Hall–Kier alpha value is -5.73. The maximum atomic E-state index is 2.71. The molecule has 0 saturated carbocycles. The number of nitrogens with zero attached hydrogens (tertiary/aromatic N) is 2. The molecular formula is C68H78B2N2. The molecule has 366 valence electrons. The molecule has 0 radical (unpaired) electrons. The zero-order valence-electron chi connectivity index (χ0n) is 46.9. The van der Waals surface area contributed by atoms with Crippen molar-refractivity contribution in [3.05, 3.63) is 154 Å². The lowest BCUT2D eigenvalue weighted by atomic mass is 9.31. The van der Waals surface area contributed by atoms with E-state index >= 15 is 0 Å². The second kappa shape index (κ2) is 16.9. The molecule has 2 aliphatic heterocycles. The highest BCUT2D eigenvalue weighted by atomic mass is 15.0. The summed E-state index contributed by atoms with van der Waals surface area (Å²) in [5, 5.41) is 5.38. The van der Waals surface area contributed by atoms with Gasteiger partial charge in [0.1, 0.15) is 0 Å². The van der Waals surface area contributed by atoms with Crippen molar-refractivity contribution in [2.24, 2.45) is 0 Å². The summed E-state index contributed by atoms with van der Waals surface area (Å²) in [7, 11) is 0. The molecule has 0 amide bonds. The smallest absolute Gasteiger partial charge is 0.247 e. The number of rotatable bonds is 8. The van der Waals surface area contributed by atoms with E-state index in [9.17, 15) is 0 Å². The number of hydrogen-bond donors (Lipinski definition) is 0. The van der Waals surface area contributed by atoms with Gasteiger partial charge in [0.25, 0.3) is 0 Å². The van der Waals surface area contributed by atoms with Gasteiger partial charge < -0.3 is 9.13 Å². The van der Waals surface area contributed by atoms with Gasteiger partial charge in [-0.25, -0.2) is 0 Å². The van der Waals surface area contributed by atoms with Crippen molar-refractivity contribution in [3.63, 3.8) is 0 Å². The van der Waals surface area contributed by atoms with Crippen LogP contribution in [0.5, 0.6) is 0 Å². The summed E-state index contributed by atoms with van der Waals surface area (Å²) in [5.41, 5.74) is 28.1. The third kappa shape index (κ3) is 7.26. The molecule has 0 saturated heterocycles. The van der Waals surface area contributed by atoms with E-state index in [-0.39, 0.29) is 24.3 Å². The lowest BCUT2D eigenvalue weighted by Gasteiger charge is -2.36. The zero-order valence-corrected chi connectivity index (χ0v) is 46.9. The molecule has 2 aliphatic rings. The molecule has 0 N–H and O–H groups in total. The Labute approximate surface area is 432 Å². The Morgan fingerprint density at radius 1 is 0.347 bits per heavy atom. The third-order valence-electron chi connectivity index (χ3n) is 17.2. The van der Waals surface area contributed by atoms with Crippen LogP contribution >= 0.6 is 0 Å². The van der Waals surface area contributed by atoms with Gasteiger partial charge >= 0.3 is 0 Å². The molecule has 0 spiro atoms. The summed E-state index contributed by atoms with van der Waals surface area (Å²) in [6.07, 6.45) is 0. The Morgan fingerprint density at radius 2 is 0.681 bits per heavy atom. The largest absolute Gasteiger partial charge is 0.310 e. The van der Waals surface area contributed by atoms with Crippen LogP contribution in [0.4, 0.5) is 0 Å². The van der Waals surface area contributed by atoms with Gasteiger partial charge in [-0.3, -0.25) is 0 Å². The van der Waals surface area contributed by atoms with Gasteiger partial charge in [0.15, 0.2) is 0 Å². The van der Waals surface area contributed by atoms with Crippen molar-refractivity contribution in [1.29, 1.82) is 0 Å². The molecule has 0 bridgehead atoms. The average Bonchev–Trinajstić information content (AvgIpc) is 3.84. The monoisotopic (exact) mass is 945 g/mol. The van der Waals surface area contributed by atoms with Crippen LogP contribution in [0.1, 0.15) is 205 Å². The van der Waals surface area contributed by atoms with Gasteiger partial charge in [0.2, 0.25) is 13.4 Å². The summed E-state index contributed by atoms with van der Waals surface area (Å²) in [6.45, 7) is 43.0. The van der Waals surface area contributed by atoms with Crippen LogP contribution in [0.25, 0.3) is 55.0 Å². The Balaban J connectivity index is 1.37. The van der Waals surface area contributed by atoms with Gasteiger partial charge in [0.05, 0.1) is 11.0 Å². The van der Waals surface area contributed by atoms with E-state index in [1.165, 1.54) is 132 Å². The summed E-state index contributed by atoms with van der Waals surface area (Å²) >= 11 is 0. The van der Waals surface area contributed by atoms with E-state index < -0.39 is 0 Å². The molecule has 0 fully saturated rings. The SMILES string of the molecule is CC(C)c1cc(C(C)C)c(B2c3cc4c(cc3-n3c5ccc(C(C)(C)C)cc5c5cccc2c53)B(c2c(C(C)C)cc(C(C)C)cc2C(C)C)c2cccc3c5cc(C(C)(C)C)ccc5n-4c23)c(C(C)C)c1. The van der Waals surface area contributed by atoms with Crippen LogP contribution in [-0.4, -0.2) is 22.6 Å². The molecule has 7 aromatic carbocycles. The van der Waals surface area contributed by atoms with Gasteiger partial charge in [0, 0.05) is 44.0 Å². The molecular weight excluding hydrogens is 866 g/mol. The average molecular weight is 945 g/mol. The van der Waals surface area contributed by atoms with Crippen LogP contribution in [-0.2, 0) is 10.8 Å². The third-order valence-corrected chi connectivity index (χ3v) is 17.2. The van der Waals surface area contributed by atoms with Crippen molar-refractivity contribution in [2.75, 3.05) is 0 Å².